The number of ether oxygens (including phenoxy) is 1. The van der Waals surface area contributed by atoms with Crippen LogP contribution in [-0.2, 0) is 24.4 Å². The summed E-state index contributed by atoms with van der Waals surface area (Å²) in [6, 6.07) is 11.6. The van der Waals surface area contributed by atoms with Gasteiger partial charge in [-0.05, 0) is 45.3 Å². The molecule has 0 spiro atoms. The van der Waals surface area contributed by atoms with Crippen LogP contribution >= 0.6 is 15.9 Å². The van der Waals surface area contributed by atoms with Crippen LogP contribution < -0.4 is 15.4 Å². The minimum Gasteiger partial charge on any atom is -0.550 e. The average molecular weight is 463 g/mol. The molecule has 0 aliphatic rings. The molecule has 0 saturated heterocycles. The van der Waals surface area contributed by atoms with Gasteiger partial charge in [0, 0.05) is 30.2 Å². The van der Waals surface area contributed by atoms with Gasteiger partial charge in [0.25, 0.3) is 5.56 Å². The number of benzene rings is 2. The van der Waals surface area contributed by atoms with Crippen LogP contribution in [0.5, 0.6) is 5.75 Å². The Morgan fingerprint density at radius 2 is 1.79 bits per heavy atom. The Morgan fingerprint density at radius 1 is 1.07 bits per heavy atom. The predicted molar refractivity (Wildman–Crippen MR) is 103 cm³/mol. The number of rotatable bonds is 7. The maximum atomic E-state index is 13.7. The van der Waals surface area contributed by atoms with Crippen LogP contribution in [0.25, 0.3) is 0 Å². The van der Waals surface area contributed by atoms with Gasteiger partial charge in [-0.1, -0.05) is 24.3 Å². The lowest BCUT2D eigenvalue weighted by Crippen LogP contribution is -2.26. The SMILES string of the molecule is O=C([O-])Cc1ccccc1Cn1ccc(OCc2ccc(F)cc2F)c(Br)c1=O. The molecular formula is C21H15BrF2NO4-. The Balaban J connectivity index is 1.80. The Kier molecular flexibility index (Phi) is 6.43. The largest absolute Gasteiger partial charge is 0.550 e. The van der Waals surface area contributed by atoms with Crippen LogP contribution in [0.2, 0.25) is 0 Å². The average Bonchev–Trinajstić information content (AvgIpc) is 2.67. The number of hydrogen-bond donors (Lipinski definition) is 0. The molecule has 0 atom stereocenters. The number of carbonyl (C=O) groups is 1. The fraction of sp³-hybridized carbons (Fsp3) is 0.143. The van der Waals surface area contributed by atoms with Crippen LogP contribution in [-0.4, -0.2) is 10.5 Å². The smallest absolute Gasteiger partial charge is 0.268 e. The molecule has 0 N–H and O–H groups in total. The standard InChI is InChI=1S/C21H16BrF2NO4/c22-20-18(29-12-15-5-6-16(23)10-17(15)24)7-8-25(21(20)28)11-14-4-2-1-3-13(14)9-19(26)27/h1-8,10H,9,11-12H2,(H,26,27)/p-1. The van der Waals surface area contributed by atoms with E-state index in [1.54, 1.807) is 24.3 Å². The first kappa shape index (κ1) is 20.7. The van der Waals surface area contributed by atoms with Crippen LogP contribution in [0, 0.1) is 11.6 Å². The van der Waals surface area contributed by atoms with Gasteiger partial charge in [-0.3, -0.25) is 4.79 Å². The minimum atomic E-state index is -1.21. The van der Waals surface area contributed by atoms with E-state index in [1.807, 2.05) is 0 Å². The van der Waals surface area contributed by atoms with Crippen molar-refractivity contribution >= 4 is 21.9 Å². The van der Waals surface area contributed by atoms with Crippen LogP contribution in [0.1, 0.15) is 16.7 Å². The summed E-state index contributed by atoms with van der Waals surface area (Å²) in [4.78, 5) is 23.6. The summed E-state index contributed by atoms with van der Waals surface area (Å²) in [5.74, 6) is -2.42. The van der Waals surface area contributed by atoms with Crippen molar-refractivity contribution in [3.8, 4) is 5.75 Å². The van der Waals surface area contributed by atoms with Crippen molar-refractivity contribution in [2.75, 3.05) is 0 Å². The maximum absolute atomic E-state index is 13.7. The van der Waals surface area contributed by atoms with Gasteiger partial charge in [-0.15, -0.1) is 0 Å². The fourth-order valence-electron chi connectivity index (χ4n) is 2.78. The van der Waals surface area contributed by atoms with Gasteiger partial charge in [0.1, 0.15) is 28.5 Å². The summed E-state index contributed by atoms with van der Waals surface area (Å²) in [6.45, 7) is -0.0175. The monoisotopic (exact) mass is 462 g/mol. The van der Waals surface area contributed by atoms with E-state index in [-0.39, 0.29) is 35.4 Å². The van der Waals surface area contributed by atoms with E-state index in [4.69, 9.17) is 4.74 Å². The molecule has 3 aromatic rings. The number of aliphatic carboxylic acids is 1. The Hall–Kier alpha value is -3.00. The summed E-state index contributed by atoms with van der Waals surface area (Å²) >= 11 is 3.19. The molecule has 0 radical (unpaired) electrons. The Labute approximate surface area is 173 Å². The molecule has 0 fully saturated rings. The second-order valence-corrected chi connectivity index (χ2v) is 7.06. The van der Waals surface area contributed by atoms with Gasteiger partial charge in [0.05, 0.1) is 6.54 Å². The molecule has 3 rings (SSSR count). The van der Waals surface area contributed by atoms with Crippen molar-refractivity contribution in [3.63, 3.8) is 0 Å². The summed E-state index contributed by atoms with van der Waals surface area (Å²) in [5, 5.41) is 10.9. The lowest BCUT2D eigenvalue weighted by molar-refractivity contribution is -0.304. The van der Waals surface area contributed by atoms with Crippen LogP contribution in [0.15, 0.2) is 64.0 Å². The molecule has 1 heterocycles. The van der Waals surface area contributed by atoms with E-state index in [0.29, 0.717) is 11.1 Å². The van der Waals surface area contributed by atoms with Gasteiger partial charge >= 0.3 is 0 Å². The molecule has 29 heavy (non-hydrogen) atoms. The van der Waals surface area contributed by atoms with Gasteiger partial charge in [-0.25, -0.2) is 8.78 Å². The molecule has 0 aliphatic carbocycles. The lowest BCUT2D eigenvalue weighted by Gasteiger charge is -2.14. The van der Waals surface area contributed by atoms with Crippen LogP contribution in [0.3, 0.4) is 0 Å². The number of pyridine rings is 1. The number of carboxylic acids is 1. The van der Waals surface area contributed by atoms with Crippen molar-refractivity contribution in [1.82, 2.24) is 4.57 Å². The molecule has 0 bridgehead atoms. The molecule has 1 aromatic heterocycles. The third kappa shape index (κ3) is 5.08. The zero-order valence-corrected chi connectivity index (χ0v) is 16.6. The fourth-order valence-corrected chi connectivity index (χ4v) is 3.26. The predicted octanol–water partition coefficient (Wildman–Crippen LogP) is 2.81. The lowest BCUT2D eigenvalue weighted by atomic mass is 10.0. The van der Waals surface area contributed by atoms with E-state index >= 15 is 0 Å². The minimum absolute atomic E-state index is 0.139. The second kappa shape index (κ2) is 9.00. The normalized spacial score (nSPS) is 10.7. The number of hydrogen-bond acceptors (Lipinski definition) is 4. The van der Waals surface area contributed by atoms with Crippen molar-refractivity contribution in [2.45, 2.75) is 19.6 Å². The first-order valence-electron chi connectivity index (χ1n) is 8.57. The molecular weight excluding hydrogens is 448 g/mol. The molecule has 0 aliphatic heterocycles. The third-order valence-corrected chi connectivity index (χ3v) is 4.99. The molecule has 8 heteroatoms. The first-order valence-corrected chi connectivity index (χ1v) is 9.36. The highest BCUT2D eigenvalue weighted by Gasteiger charge is 2.12. The highest BCUT2D eigenvalue weighted by molar-refractivity contribution is 9.10. The first-order chi connectivity index (χ1) is 13.8. The van der Waals surface area contributed by atoms with Crippen molar-refractivity contribution in [2.24, 2.45) is 0 Å². The van der Waals surface area contributed by atoms with Crippen molar-refractivity contribution < 1.29 is 23.4 Å². The number of carboxylic acid groups (broad SMARTS) is 1. The number of aromatic nitrogens is 1. The summed E-state index contributed by atoms with van der Waals surface area (Å²) in [5.41, 5.74) is 0.986. The quantitative estimate of drug-likeness (QED) is 0.541. The van der Waals surface area contributed by atoms with Gasteiger partial charge < -0.3 is 19.2 Å². The molecule has 5 nitrogen and oxygen atoms in total. The zero-order chi connectivity index (χ0) is 21.0. The van der Waals surface area contributed by atoms with E-state index in [9.17, 15) is 23.5 Å². The summed E-state index contributed by atoms with van der Waals surface area (Å²) < 4.78 is 33.7. The van der Waals surface area contributed by atoms with E-state index < -0.39 is 23.2 Å². The maximum Gasteiger partial charge on any atom is 0.268 e. The molecule has 0 unspecified atom stereocenters. The number of halogens is 3. The van der Waals surface area contributed by atoms with Gasteiger partial charge in [0.15, 0.2) is 0 Å². The second-order valence-electron chi connectivity index (χ2n) is 6.27. The van der Waals surface area contributed by atoms with Crippen molar-refractivity contribution in [1.29, 1.82) is 0 Å². The Bertz CT molecular complexity index is 1110. The molecule has 2 aromatic carbocycles. The molecule has 0 saturated carbocycles. The molecule has 150 valence electrons. The van der Waals surface area contributed by atoms with Crippen LogP contribution in [0.4, 0.5) is 8.78 Å². The topological polar surface area (TPSA) is 71.4 Å². The van der Waals surface area contributed by atoms with Crippen molar-refractivity contribution in [3.05, 3.63) is 97.9 Å². The van der Waals surface area contributed by atoms with E-state index in [2.05, 4.69) is 15.9 Å². The van der Waals surface area contributed by atoms with Gasteiger partial charge in [-0.2, -0.15) is 0 Å². The van der Waals surface area contributed by atoms with E-state index in [1.165, 1.54) is 22.9 Å². The zero-order valence-electron chi connectivity index (χ0n) is 15.0. The number of carbonyl (C=O) groups excluding carboxylic acids is 1. The molecule has 0 amide bonds. The van der Waals surface area contributed by atoms with E-state index in [0.717, 1.165) is 12.1 Å². The van der Waals surface area contributed by atoms with Gasteiger partial charge in [0.2, 0.25) is 0 Å². The highest BCUT2D eigenvalue weighted by atomic mass is 79.9. The summed E-state index contributed by atoms with van der Waals surface area (Å²) in [7, 11) is 0. The number of nitrogens with zero attached hydrogens (tertiary/aromatic N) is 1. The summed E-state index contributed by atoms with van der Waals surface area (Å²) in [6.07, 6.45) is 1.25. The highest BCUT2D eigenvalue weighted by Crippen LogP contribution is 2.23. The third-order valence-electron chi connectivity index (χ3n) is 4.26. The Morgan fingerprint density at radius 3 is 2.48 bits per heavy atom.